The number of ether oxygens (including phenoxy) is 2. The van der Waals surface area contributed by atoms with Gasteiger partial charge in [-0.15, -0.1) is 0 Å². The van der Waals surface area contributed by atoms with E-state index in [0.29, 0.717) is 18.9 Å². The lowest BCUT2D eigenvalue weighted by atomic mass is 10.2. The largest absolute Gasteiger partial charge is 0.497 e. The molecular weight excluding hydrogens is 362 g/mol. The number of hydrogen-bond acceptors (Lipinski definition) is 5. The minimum atomic E-state index is -0.00978. The number of methoxy groups -OCH3 is 2. The van der Waals surface area contributed by atoms with Crippen LogP contribution in [0, 0.1) is 0 Å². The smallest absolute Gasteiger partial charge is 0.230 e. The second-order valence-corrected chi connectivity index (χ2v) is 6.84. The van der Waals surface area contributed by atoms with Gasteiger partial charge in [-0.2, -0.15) is 0 Å². The first-order valence-corrected chi connectivity index (χ1v) is 9.72. The highest BCUT2D eigenvalue weighted by atomic mass is 32.2. The van der Waals surface area contributed by atoms with E-state index in [2.05, 4.69) is 9.88 Å². The van der Waals surface area contributed by atoms with Gasteiger partial charge in [-0.25, -0.2) is 4.98 Å². The molecule has 1 heterocycles. The van der Waals surface area contributed by atoms with E-state index >= 15 is 0 Å². The van der Waals surface area contributed by atoms with Gasteiger partial charge in [0.25, 0.3) is 0 Å². The van der Waals surface area contributed by atoms with Crippen LogP contribution in [0.15, 0.2) is 53.7 Å². The van der Waals surface area contributed by atoms with Gasteiger partial charge in [0.05, 0.1) is 23.9 Å². The first kappa shape index (κ1) is 19.3. The zero-order chi connectivity index (χ0) is 19.1. The lowest BCUT2D eigenvalue weighted by Gasteiger charge is -2.10. The highest BCUT2D eigenvalue weighted by Gasteiger charge is 2.14. The van der Waals surface area contributed by atoms with Gasteiger partial charge in [-0.3, -0.25) is 9.36 Å². The van der Waals surface area contributed by atoms with E-state index in [1.54, 1.807) is 14.2 Å². The van der Waals surface area contributed by atoms with Crippen molar-refractivity contribution in [1.82, 2.24) is 14.9 Å². The molecule has 0 unspecified atom stereocenters. The van der Waals surface area contributed by atoms with E-state index in [1.165, 1.54) is 11.8 Å². The van der Waals surface area contributed by atoms with Crippen molar-refractivity contribution in [3.05, 3.63) is 48.5 Å². The Morgan fingerprint density at radius 3 is 2.67 bits per heavy atom. The van der Waals surface area contributed by atoms with Crippen LogP contribution in [0.25, 0.3) is 16.7 Å². The summed E-state index contributed by atoms with van der Waals surface area (Å²) in [5, 5.41) is 3.69. The molecule has 0 aliphatic carbocycles. The third kappa shape index (κ3) is 4.81. The molecule has 0 fully saturated rings. The number of carbonyl (C=O) groups is 1. The molecule has 2 aromatic carbocycles. The summed E-state index contributed by atoms with van der Waals surface area (Å²) < 4.78 is 12.3. The van der Waals surface area contributed by atoms with Gasteiger partial charge in [-0.1, -0.05) is 23.9 Å². The second-order valence-electron chi connectivity index (χ2n) is 5.90. The predicted octanol–water partition coefficient (Wildman–Crippen LogP) is 3.28. The van der Waals surface area contributed by atoms with E-state index < -0.39 is 0 Å². The molecule has 0 aliphatic rings. The Bertz CT molecular complexity index is 893. The van der Waals surface area contributed by atoms with Gasteiger partial charge in [0, 0.05) is 25.9 Å². The van der Waals surface area contributed by atoms with Crippen molar-refractivity contribution >= 4 is 28.7 Å². The quantitative estimate of drug-likeness (QED) is 0.452. The van der Waals surface area contributed by atoms with Crippen LogP contribution in [0.5, 0.6) is 5.75 Å². The van der Waals surface area contributed by atoms with E-state index in [0.717, 1.165) is 34.0 Å². The van der Waals surface area contributed by atoms with Crippen LogP contribution in [0.3, 0.4) is 0 Å². The number of rotatable bonds is 9. The maximum absolute atomic E-state index is 12.1. The monoisotopic (exact) mass is 385 g/mol. The fourth-order valence-corrected chi connectivity index (χ4v) is 3.56. The summed E-state index contributed by atoms with van der Waals surface area (Å²) in [7, 11) is 3.30. The first-order chi connectivity index (χ1) is 13.2. The van der Waals surface area contributed by atoms with E-state index in [-0.39, 0.29) is 5.91 Å². The molecule has 0 aliphatic heterocycles. The van der Waals surface area contributed by atoms with Crippen molar-refractivity contribution in [2.45, 2.75) is 11.6 Å². The summed E-state index contributed by atoms with van der Waals surface area (Å²) in [6.45, 7) is 1.25. The van der Waals surface area contributed by atoms with E-state index in [9.17, 15) is 4.79 Å². The molecule has 3 aromatic rings. The fraction of sp³-hybridized carbons (Fsp3) is 0.300. The fourth-order valence-electron chi connectivity index (χ4n) is 2.71. The maximum atomic E-state index is 12.1. The number of nitrogens with zero attached hydrogens (tertiary/aromatic N) is 2. The Morgan fingerprint density at radius 2 is 1.93 bits per heavy atom. The van der Waals surface area contributed by atoms with Gasteiger partial charge in [0.1, 0.15) is 5.75 Å². The molecule has 1 amide bonds. The molecule has 1 aromatic heterocycles. The van der Waals surface area contributed by atoms with Gasteiger partial charge >= 0.3 is 0 Å². The normalized spacial score (nSPS) is 10.9. The van der Waals surface area contributed by atoms with Gasteiger partial charge < -0.3 is 14.8 Å². The Hall–Kier alpha value is -2.51. The maximum Gasteiger partial charge on any atom is 0.230 e. The van der Waals surface area contributed by atoms with Crippen LogP contribution in [0.2, 0.25) is 0 Å². The number of carbonyl (C=O) groups excluding carboxylic acids is 1. The van der Waals surface area contributed by atoms with Crippen LogP contribution in [0.4, 0.5) is 0 Å². The summed E-state index contributed by atoms with van der Waals surface area (Å²) in [4.78, 5) is 16.8. The first-order valence-electron chi connectivity index (χ1n) is 8.73. The molecule has 0 atom stereocenters. The number of para-hydroxylation sites is 2. The average molecular weight is 385 g/mol. The molecule has 0 bridgehead atoms. The molecule has 27 heavy (non-hydrogen) atoms. The number of hydrogen-bond donors (Lipinski definition) is 1. The van der Waals surface area contributed by atoms with Gasteiger partial charge in [0.15, 0.2) is 5.16 Å². The molecule has 142 valence electrons. The molecule has 0 spiro atoms. The number of fused-ring (bicyclic) bond motifs is 1. The zero-order valence-electron chi connectivity index (χ0n) is 15.5. The van der Waals surface area contributed by atoms with Crippen molar-refractivity contribution in [3.63, 3.8) is 0 Å². The highest BCUT2D eigenvalue weighted by molar-refractivity contribution is 7.99. The van der Waals surface area contributed by atoms with Crippen molar-refractivity contribution in [2.24, 2.45) is 0 Å². The molecule has 1 N–H and O–H groups in total. The summed E-state index contributed by atoms with van der Waals surface area (Å²) >= 11 is 1.43. The van der Waals surface area contributed by atoms with Gasteiger partial charge in [0.2, 0.25) is 5.91 Å². The minimum absolute atomic E-state index is 0.00978. The number of nitrogens with one attached hydrogen (secondary N) is 1. The molecule has 6 nitrogen and oxygen atoms in total. The Morgan fingerprint density at radius 1 is 1.15 bits per heavy atom. The number of thioether (sulfide) groups is 1. The van der Waals surface area contributed by atoms with Crippen molar-refractivity contribution < 1.29 is 14.3 Å². The van der Waals surface area contributed by atoms with E-state index in [4.69, 9.17) is 14.5 Å². The van der Waals surface area contributed by atoms with Gasteiger partial charge in [-0.05, 0) is 42.8 Å². The number of aromatic nitrogens is 2. The standard InChI is InChI=1S/C20H23N3O3S/c1-25-13-5-12-21-19(24)14-27-20-22-17-6-3-4-7-18(17)23(20)15-8-10-16(26-2)11-9-15/h3-4,6-11H,5,12-14H2,1-2H3,(H,21,24). The minimum Gasteiger partial charge on any atom is -0.497 e. The van der Waals surface area contributed by atoms with Crippen LogP contribution in [-0.2, 0) is 9.53 Å². The topological polar surface area (TPSA) is 65.4 Å². The lowest BCUT2D eigenvalue weighted by Crippen LogP contribution is -2.26. The number of imidazole rings is 1. The third-order valence-electron chi connectivity index (χ3n) is 4.04. The van der Waals surface area contributed by atoms with Crippen molar-refractivity contribution in [3.8, 4) is 11.4 Å². The number of amides is 1. The van der Waals surface area contributed by atoms with Crippen molar-refractivity contribution in [1.29, 1.82) is 0 Å². The molecule has 7 heteroatoms. The predicted molar refractivity (Wildman–Crippen MR) is 108 cm³/mol. The highest BCUT2D eigenvalue weighted by Crippen LogP contribution is 2.28. The molecular formula is C20H23N3O3S. The molecule has 3 rings (SSSR count). The Labute approximate surface area is 162 Å². The van der Waals surface area contributed by atoms with Crippen molar-refractivity contribution in [2.75, 3.05) is 33.1 Å². The molecule has 0 radical (unpaired) electrons. The average Bonchev–Trinajstić information content (AvgIpc) is 3.08. The van der Waals surface area contributed by atoms with Crippen LogP contribution < -0.4 is 10.1 Å². The summed E-state index contributed by atoms with van der Waals surface area (Å²) in [5.41, 5.74) is 2.88. The Balaban J connectivity index is 1.79. The SMILES string of the molecule is COCCCNC(=O)CSc1nc2ccccc2n1-c1ccc(OC)cc1. The summed E-state index contributed by atoms with van der Waals surface area (Å²) in [6, 6.07) is 15.8. The number of benzene rings is 2. The lowest BCUT2D eigenvalue weighted by molar-refractivity contribution is -0.118. The second kappa shape index (κ2) is 9.43. The molecule has 0 saturated carbocycles. The van der Waals surface area contributed by atoms with E-state index in [1.807, 2.05) is 48.5 Å². The van der Waals surface area contributed by atoms with Crippen LogP contribution >= 0.6 is 11.8 Å². The molecule has 0 saturated heterocycles. The summed E-state index contributed by atoms with van der Waals surface area (Å²) in [6.07, 6.45) is 0.803. The Kier molecular flexibility index (Phi) is 6.73. The van der Waals surface area contributed by atoms with Crippen LogP contribution in [0.1, 0.15) is 6.42 Å². The third-order valence-corrected chi connectivity index (χ3v) is 4.98. The van der Waals surface area contributed by atoms with Crippen LogP contribution in [-0.4, -0.2) is 48.6 Å². The summed E-state index contributed by atoms with van der Waals surface area (Å²) in [5.74, 6) is 1.10. The zero-order valence-corrected chi connectivity index (χ0v) is 16.3.